The third-order valence-corrected chi connectivity index (χ3v) is 5.89. The number of tetrazole rings is 1. The van der Waals surface area contributed by atoms with Crippen LogP contribution in [0.5, 0.6) is 0 Å². The lowest BCUT2D eigenvalue weighted by Crippen LogP contribution is -2.48. The van der Waals surface area contributed by atoms with E-state index in [2.05, 4.69) is 35.3 Å². The summed E-state index contributed by atoms with van der Waals surface area (Å²) in [6, 6.07) is 3.59. The van der Waals surface area contributed by atoms with Crippen molar-refractivity contribution in [3.8, 4) is 5.69 Å². The van der Waals surface area contributed by atoms with Crippen molar-refractivity contribution in [3.63, 3.8) is 0 Å². The average Bonchev–Trinajstić information content (AvgIpc) is 3.46. The zero-order chi connectivity index (χ0) is 21.4. The number of carbonyl (C=O) groups excluding carboxylic acids is 1. The van der Waals surface area contributed by atoms with Gasteiger partial charge in [0.25, 0.3) is 0 Å². The molecule has 4 heterocycles. The van der Waals surface area contributed by atoms with Crippen molar-refractivity contribution in [1.82, 2.24) is 35.1 Å². The number of cyclic esters (lactones) is 1. The van der Waals surface area contributed by atoms with Crippen LogP contribution < -0.4 is 4.90 Å². The first-order chi connectivity index (χ1) is 15.1. The number of aliphatic hydroxyl groups is 1. The molecule has 31 heavy (non-hydrogen) atoms. The maximum atomic E-state index is 11.7. The Labute approximate surface area is 178 Å². The van der Waals surface area contributed by atoms with Crippen LogP contribution in [0.2, 0.25) is 0 Å². The molecule has 1 aromatic carbocycles. The van der Waals surface area contributed by atoms with E-state index >= 15 is 0 Å². The van der Waals surface area contributed by atoms with Crippen LogP contribution in [-0.2, 0) is 11.3 Å². The van der Waals surface area contributed by atoms with E-state index in [4.69, 9.17) is 4.74 Å². The minimum atomic E-state index is -0.626. The zero-order valence-electron chi connectivity index (χ0n) is 17.0. The Morgan fingerprint density at radius 1 is 1.16 bits per heavy atom. The molecule has 0 saturated carbocycles. The number of rotatable bonds is 5. The summed E-state index contributed by atoms with van der Waals surface area (Å²) in [5.41, 5.74) is 3.97. The number of esters is 1. The molecule has 11 nitrogen and oxygen atoms in total. The fraction of sp³-hybridized carbons (Fsp3) is 0.400. The van der Waals surface area contributed by atoms with Crippen LogP contribution in [0.1, 0.15) is 33.2 Å². The van der Waals surface area contributed by atoms with Crippen LogP contribution in [0.4, 0.5) is 5.95 Å². The molecule has 11 heteroatoms. The lowest BCUT2D eigenvalue weighted by Gasteiger charge is -2.35. The summed E-state index contributed by atoms with van der Waals surface area (Å²) in [6.07, 6.45) is 4.26. The topological polar surface area (TPSA) is 122 Å². The first-order valence-electron chi connectivity index (χ1n) is 10.1. The molecule has 0 unspecified atom stereocenters. The summed E-state index contributed by atoms with van der Waals surface area (Å²) in [7, 11) is 0. The lowest BCUT2D eigenvalue weighted by molar-refractivity contribution is 0.0535. The Bertz CT molecular complexity index is 1080. The Kier molecular flexibility index (Phi) is 5.04. The first-order valence-corrected chi connectivity index (χ1v) is 10.1. The van der Waals surface area contributed by atoms with Gasteiger partial charge in [-0.2, -0.15) is 4.68 Å². The normalized spacial score (nSPS) is 17.5. The summed E-state index contributed by atoms with van der Waals surface area (Å²) < 4.78 is 6.62. The van der Waals surface area contributed by atoms with Crippen molar-refractivity contribution in [2.45, 2.75) is 19.6 Å². The van der Waals surface area contributed by atoms with E-state index in [1.807, 2.05) is 13.0 Å². The van der Waals surface area contributed by atoms with Crippen molar-refractivity contribution >= 4 is 11.9 Å². The predicted molar refractivity (Wildman–Crippen MR) is 109 cm³/mol. The second kappa shape index (κ2) is 8.00. The van der Waals surface area contributed by atoms with Gasteiger partial charge in [-0.3, -0.25) is 4.90 Å². The van der Waals surface area contributed by atoms with Gasteiger partial charge in [-0.15, -0.1) is 5.10 Å². The van der Waals surface area contributed by atoms with Gasteiger partial charge < -0.3 is 14.7 Å². The Morgan fingerprint density at radius 2 is 1.94 bits per heavy atom. The third-order valence-electron chi connectivity index (χ3n) is 5.89. The Balaban J connectivity index is 1.19. The van der Waals surface area contributed by atoms with E-state index in [9.17, 15) is 9.90 Å². The SMILES string of the molecule is Cc1c([C@@H](O)CN2CCN(c3ncc(-n4cnnn4)cn3)CC2)ccc2c1COC2=O. The van der Waals surface area contributed by atoms with E-state index in [0.29, 0.717) is 23.7 Å². The van der Waals surface area contributed by atoms with Gasteiger partial charge in [0.2, 0.25) is 5.95 Å². The Morgan fingerprint density at radius 3 is 2.65 bits per heavy atom. The maximum Gasteiger partial charge on any atom is 0.338 e. The van der Waals surface area contributed by atoms with Gasteiger partial charge in [-0.25, -0.2) is 14.8 Å². The Hall–Kier alpha value is -3.44. The summed E-state index contributed by atoms with van der Waals surface area (Å²) in [5.74, 6) is 0.375. The number of carbonyl (C=O) groups is 1. The van der Waals surface area contributed by atoms with Crippen molar-refractivity contribution in [3.05, 3.63) is 53.1 Å². The van der Waals surface area contributed by atoms with Crippen LogP contribution in [0, 0.1) is 6.92 Å². The molecule has 0 spiro atoms. The summed E-state index contributed by atoms with van der Waals surface area (Å²) in [6.45, 7) is 5.87. The second-order valence-corrected chi connectivity index (χ2v) is 7.68. The molecule has 2 aliphatic rings. The highest BCUT2D eigenvalue weighted by molar-refractivity contribution is 5.93. The second-order valence-electron chi connectivity index (χ2n) is 7.68. The zero-order valence-corrected chi connectivity index (χ0v) is 17.0. The molecule has 0 amide bonds. The molecular weight excluding hydrogens is 400 g/mol. The molecule has 2 aromatic heterocycles. The number of benzene rings is 1. The number of aromatic nitrogens is 6. The number of aliphatic hydroxyl groups excluding tert-OH is 1. The number of piperazine rings is 1. The van der Waals surface area contributed by atoms with Crippen LogP contribution >= 0.6 is 0 Å². The molecular formula is C20H22N8O3. The van der Waals surface area contributed by atoms with E-state index in [1.165, 1.54) is 11.0 Å². The number of ether oxygens (including phenoxy) is 1. The molecule has 0 aliphatic carbocycles. The van der Waals surface area contributed by atoms with Gasteiger partial charge in [0.15, 0.2) is 0 Å². The highest BCUT2D eigenvalue weighted by Gasteiger charge is 2.27. The molecule has 1 atom stereocenters. The lowest BCUT2D eigenvalue weighted by atomic mass is 9.95. The molecule has 2 aliphatic heterocycles. The fourth-order valence-corrected chi connectivity index (χ4v) is 4.08. The minimum Gasteiger partial charge on any atom is -0.457 e. The molecule has 0 bridgehead atoms. The fourth-order valence-electron chi connectivity index (χ4n) is 4.08. The van der Waals surface area contributed by atoms with E-state index in [-0.39, 0.29) is 12.6 Å². The van der Waals surface area contributed by atoms with E-state index < -0.39 is 6.10 Å². The molecule has 1 fully saturated rings. The van der Waals surface area contributed by atoms with Crippen molar-refractivity contribution in [2.75, 3.05) is 37.6 Å². The number of fused-ring (bicyclic) bond motifs is 1. The maximum absolute atomic E-state index is 11.7. The summed E-state index contributed by atoms with van der Waals surface area (Å²) >= 11 is 0. The van der Waals surface area contributed by atoms with Crippen molar-refractivity contribution in [2.24, 2.45) is 0 Å². The van der Waals surface area contributed by atoms with Gasteiger partial charge >= 0.3 is 5.97 Å². The predicted octanol–water partition coefficient (Wildman–Crippen LogP) is 0.287. The van der Waals surface area contributed by atoms with E-state index in [1.54, 1.807) is 18.5 Å². The van der Waals surface area contributed by atoms with Crippen LogP contribution in [0.3, 0.4) is 0 Å². The average molecular weight is 422 g/mol. The van der Waals surface area contributed by atoms with Crippen molar-refractivity contribution in [1.29, 1.82) is 0 Å². The summed E-state index contributed by atoms with van der Waals surface area (Å²) in [4.78, 5) is 24.9. The van der Waals surface area contributed by atoms with E-state index in [0.717, 1.165) is 42.9 Å². The van der Waals surface area contributed by atoms with Gasteiger partial charge in [-0.1, -0.05) is 6.07 Å². The third kappa shape index (κ3) is 3.73. The number of nitrogens with zero attached hydrogens (tertiary/aromatic N) is 8. The number of β-amino-alcohol motifs (C(OH)–C–C–N with tert-alkyl or cyclic N) is 1. The van der Waals surface area contributed by atoms with Gasteiger partial charge in [0, 0.05) is 38.3 Å². The van der Waals surface area contributed by atoms with Crippen molar-refractivity contribution < 1.29 is 14.6 Å². The number of hydrogen-bond donors (Lipinski definition) is 1. The molecule has 0 radical (unpaired) electrons. The van der Waals surface area contributed by atoms with Crippen LogP contribution in [-0.4, -0.2) is 78.9 Å². The number of anilines is 1. The molecule has 160 valence electrons. The highest BCUT2D eigenvalue weighted by atomic mass is 16.5. The molecule has 1 saturated heterocycles. The first kappa shape index (κ1) is 19.5. The standard InChI is InChI=1S/C20H22N8O3/c1-13-15(2-3-16-17(13)11-31-19(16)30)18(29)10-26-4-6-27(7-5-26)20-21-8-14(9-22-20)28-12-23-24-25-28/h2-3,8-9,12,18,29H,4-7,10-11H2,1H3/t18-/m0/s1. The highest BCUT2D eigenvalue weighted by Crippen LogP contribution is 2.29. The molecule has 5 rings (SSSR count). The summed E-state index contributed by atoms with van der Waals surface area (Å²) in [5, 5.41) is 21.9. The largest absolute Gasteiger partial charge is 0.457 e. The smallest absolute Gasteiger partial charge is 0.338 e. The molecule has 1 N–H and O–H groups in total. The van der Waals surface area contributed by atoms with Gasteiger partial charge in [0.1, 0.15) is 18.6 Å². The minimum absolute atomic E-state index is 0.283. The van der Waals surface area contributed by atoms with Crippen LogP contribution in [0.25, 0.3) is 5.69 Å². The van der Waals surface area contributed by atoms with Gasteiger partial charge in [0.05, 0.1) is 24.1 Å². The quantitative estimate of drug-likeness (QED) is 0.574. The monoisotopic (exact) mass is 422 g/mol. The molecule has 3 aromatic rings. The van der Waals surface area contributed by atoms with Crippen LogP contribution in [0.15, 0.2) is 30.9 Å². The van der Waals surface area contributed by atoms with Gasteiger partial charge in [-0.05, 0) is 34.5 Å². The number of hydrogen-bond acceptors (Lipinski definition) is 10.